The van der Waals surface area contributed by atoms with Crippen molar-refractivity contribution in [2.45, 2.75) is 6.92 Å². The summed E-state index contributed by atoms with van der Waals surface area (Å²) in [6, 6.07) is 4.32. The summed E-state index contributed by atoms with van der Waals surface area (Å²) in [6.07, 6.45) is 7.02. The highest BCUT2D eigenvalue weighted by atomic mass is 32.2. The second-order valence-electron chi connectivity index (χ2n) is 3.84. The summed E-state index contributed by atoms with van der Waals surface area (Å²) in [6.45, 7) is 1.85. The normalized spacial score (nSPS) is 11.2. The van der Waals surface area contributed by atoms with Gasteiger partial charge >= 0.3 is 0 Å². The fourth-order valence-corrected chi connectivity index (χ4v) is 2.04. The van der Waals surface area contributed by atoms with Gasteiger partial charge in [0.15, 0.2) is 11.4 Å². The van der Waals surface area contributed by atoms with Gasteiger partial charge in [0.25, 0.3) is 0 Å². The van der Waals surface area contributed by atoms with Gasteiger partial charge in [0.2, 0.25) is 0 Å². The summed E-state index contributed by atoms with van der Waals surface area (Å²) in [5.74, 6) is 0.384. The number of aryl methyl sites for hydroxylation is 1. The Hall–Kier alpha value is -2.33. The van der Waals surface area contributed by atoms with Crippen molar-refractivity contribution in [3.05, 3.63) is 42.2 Å². The highest BCUT2D eigenvalue weighted by Gasteiger charge is 2.09. The number of aliphatic imine (C=N–C) groups is 1. The number of imidazole rings is 1. The largest absolute Gasteiger partial charge is 0.302 e. The molecule has 0 fully saturated rings. The molecule has 7 heteroatoms. The maximum absolute atomic E-state index is 13.4. The first-order valence-electron chi connectivity index (χ1n) is 5.73. The van der Waals surface area contributed by atoms with Gasteiger partial charge in [-0.3, -0.25) is 5.32 Å². The topological polar surface area (TPSA) is 66.0 Å². The Morgan fingerprint density at radius 1 is 1.55 bits per heavy atom. The Morgan fingerprint density at radius 2 is 2.35 bits per heavy atom. The zero-order valence-corrected chi connectivity index (χ0v) is 11.8. The van der Waals surface area contributed by atoms with E-state index in [9.17, 15) is 4.39 Å². The van der Waals surface area contributed by atoms with Crippen LogP contribution < -0.4 is 5.32 Å². The van der Waals surface area contributed by atoms with Gasteiger partial charge in [0, 0.05) is 18.5 Å². The first kappa shape index (κ1) is 14.1. The summed E-state index contributed by atoms with van der Waals surface area (Å²) in [7, 11) is 0. The second kappa shape index (κ2) is 6.21. The Morgan fingerprint density at radius 3 is 2.95 bits per heavy atom. The van der Waals surface area contributed by atoms with Crippen molar-refractivity contribution in [2.75, 3.05) is 6.26 Å². The lowest BCUT2D eigenvalue weighted by molar-refractivity contribution is 0.627. The van der Waals surface area contributed by atoms with Crippen LogP contribution in [-0.4, -0.2) is 21.0 Å². The third-order valence-electron chi connectivity index (χ3n) is 2.60. The van der Waals surface area contributed by atoms with E-state index in [1.54, 1.807) is 30.9 Å². The number of aromatic nitrogens is 2. The minimum Gasteiger partial charge on any atom is -0.302 e. The molecule has 0 radical (unpaired) electrons. The van der Waals surface area contributed by atoms with E-state index in [2.05, 4.69) is 15.3 Å². The van der Waals surface area contributed by atoms with Crippen LogP contribution in [-0.2, 0) is 0 Å². The Labute approximate surface area is 120 Å². The minimum atomic E-state index is -0.386. The first-order chi connectivity index (χ1) is 9.65. The van der Waals surface area contributed by atoms with Crippen molar-refractivity contribution in [3.8, 4) is 11.9 Å². The summed E-state index contributed by atoms with van der Waals surface area (Å²) < 4.78 is 15.3. The van der Waals surface area contributed by atoms with Gasteiger partial charge in [-0.05, 0) is 25.3 Å². The lowest BCUT2D eigenvalue weighted by Crippen LogP contribution is -2.12. The van der Waals surface area contributed by atoms with E-state index in [1.165, 1.54) is 23.9 Å². The van der Waals surface area contributed by atoms with Crippen LogP contribution in [0.3, 0.4) is 0 Å². The van der Waals surface area contributed by atoms with E-state index in [0.29, 0.717) is 16.5 Å². The molecule has 0 bridgehead atoms. The lowest BCUT2D eigenvalue weighted by Gasteiger charge is -2.09. The summed E-state index contributed by atoms with van der Waals surface area (Å²) in [4.78, 5) is 8.42. The molecule has 0 atom stereocenters. The van der Waals surface area contributed by atoms with Crippen LogP contribution in [0.15, 0.2) is 35.6 Å². The number of rotatable bonds is 2. The maximum atomic E-state index is 13.4. The van der Waals surface area contributed by atoms with E-state index in [4.69, 9.17) is 5.26 Å². The van der Waals surface area contributed by atoms with Crippen molar-refractivity contribution in [1.82, 2.24) is 14.9 Å². The number of thioether (sulfide) groups is 1. The molecule has 0 saturated heterocycles. The molecule has 2 aromatic rings. The number of benzene rings is 1. The minimum absolute atomic E-state index is 0.386. The molecule has 0 unspecified atom stereocenters. The molecule has 0 amide bonds. The molecule has 0 saturated carbocycles. The summed E-state index contributed by atoms with van der Waals surface area (Å²) >= 11 is 1.27. The molecule has 1 aromatic heterocycles. The third kappa shape index (κ3) is 2.97. The van der Waals surface area contributed by atoms with E-state index >= 15 is 0 Å². The lowest BCUT2D eigenvalue weighted by atomic mass is 10.2. The van der Waals surface area contributed by atoms with E-state index in [-0.39, 0.29) is 5.82 Å². The van der Waals surface area contributed by atoms with Crippen molar-refractivity contribution < 1.29 is 4.39 Å². The van der Waals surface area contributed by atoms with Gasteiger partial charge in [-0.2, -0.15) is 5.26 Å². The van der Waals surface area contributed by atoms with Crippen molar-refractivity contribution in [3.63, 3.8) is 0 Å². The molecular weight excluding hydrogens is 277 g/mol. The molecule has 5 nitrogen and oxygen atoms in total. The van der Waals surface area contributed by atoms with Crippen LogP contribution in [0, 0.1) is 24.2 Å². The average molecular weight is 289 g/mol. The quantitative estimate of drug-likeness (QED) is 0.399. The van der Waals surface area contributed by atoms with Gasteiger partial charge < -0.3 is 4.57 Å². The van der Waals surface area contributed by atoms with E-state index in [1.807, 2.05) is 11.5 Å². The molecule has 1 N–H and O–H groups in total. The second-order valence-corrected chi connectivity index (χ2v) is 4.63. The molecule has 102 valence electrons. The Bertz CT molecular complexity index is 686. The molecule has 1 aromatic carbocycles. The summed E-state index contributed by atoms with van der Waals surface area (Å²) in [5, 5.41) is 11.5. The molecule has 0 aliphatic carbocycles. The highest BCUT2D eigenvalue weighted by molar-refractivity contribution is 8.13. The van der Waals surface area contributed by atoms with Crippen molar-refractivity contribution in [2.24, 2.45) is 4.99 Å². The fraction of sp³-hybridized carbons (Fsp3) is 0.154. The maximum Gasteiger partial charge on any atom is 0.183 e. The van der Waals surface area contributed by atoms with Crippen LogP contribution >= 0.6 is 11.8 Å². The smallest absolute Gasteiger partial charge is 0.183 e. The predicted molar refractivity (Wildman–Crippen MR) is 77.6 cm³/mol. The van der Waals surface area contributed by atoms with Crippen LogP contribution in [0.4, 0.5) is 10.1 Å². The molecule has 1 heterocycles. The van der Waals surface area contributed by atoms with Crippen LogP contribution in [0.25, 0.3) is 5.69 Å². The van der Waals surface area contributed by atoms with Gasteiger partial charge in [0.05, 0.1) is 11.4 Å². The standard InChI is InChI=1S/C13H12FN5S/c1-9-16-5-6-19(9)12-4-3-10(14)7-11(12)18-13(20-2)17-8-15/h3-7H,1-2H3,(H,17,18). The Kier molecular flexibility index (Phi) is 4.38. The number of halogens is 1. The monoisotopic (exact) mass is 289 g/mol. The molecular formula is C13H12FN5S. The zero-order chi connectivity index (χ0) is 14.5. The predicted octanol–water partition coefficient (Wildman–Crippen LogP) is 2.74. The molecule has 0 spiro atoms. The number of amidine groups is 1. The number of hydrogen-bond acceptors (Lipinski definition) is 4. The first-order valence-corrected chi connectivity index (χ1v) is 6.96. The van der Waals surface area contributed by atoms with Crippen molar-refractivity contribution in [1.29, 1.82) is 5.26 Å². The molecule has 0 aliphatic heterocycles. The van der Waals surface area contributed by atoms with E-state index < -0.39 is 0 Å². The Balaban J connectivity index is 2.55. The number of hydrogen-bond donors (Lipinski definition) is 1. The van der Waals surface area contributed by atoms with E-state index in [0.717, 1.165) is 5.82 Å². The molecule has 2 rings (SSSR count). The highest BCUT2D eigenvalue weighted by Crippen LogP contribution is 2.26. The SMILES string of the molecule is CSC(=Nc1cc(F)ccc1-n1ccnc1C)NC#N. The average Bonchev–Trinajstić information content (AvgIpc) is 2.84. The fourth-order valence-electron chi connectivity index (χ4n) is 1.70. The number of nitrogens with one attached hydrogen (secondary N) is 1. The van der Waals surface area contributed by atoms with Gasteiger partial charge in [-0.1, -0.05) is 11.8 Å². The van der Waals surface area contributed by atoms with Gasteiger partial charge in [0.1, 0.15) is 11.6 Å². The van der Waals surface area contributed by atoms with Crippen molar-refractivity contribution >= 4 is 22.6 Å². The zero-order valence-electron chi connectivity index (χ0n) is 11.0. The van der Waals surface area contributed by atoms with Crippen LogP contribution in [0.5, 0.6) is 0 Å². The van der Waals surface area contributed by atoms with Gasteiger partial charge in [-0.25, -0.2) is 14.4 Å². The molecule has 20 heavy (non-hydrogen) atoms. The van der Waals surface area contributed by atoms with Crippen LogP contribution in [0.2, 0.25) is 0 Å². The number of nitrogens with zero attached hydrogens (tertiary/aromatic N) is 4. The van der Waals surface area contributed by atoms with Crippen LogP contribution in [0.1, 0.15) is 5.82 Å². The summed E-state index contributed by atoms with van der Waals surface area (Å²) in [5.41, 5.74) is 1.13. The molecule has 0 aliphatic rings. The third-order valence-corrected chi connectivity index (χ3v) is 3.18. The number of nitriles is 1. The van der Waals surface area contributed by atoms with Gasteiger partial charge in [-0.15, -0.1) is 0 Å².